The minimum absolute atomic E-state index is 0.0549. The predicted molar refractivity (Wildman–Crippen MR) is 114 cm³/mol. The van der Waals surface area contributed by atoms with Crippen LogP contribution in [-0.4, -0.2) is 44.8 Å². The highest BCUT2D eigenvalue weighted by Crippen LogP contribution is 2.39. The molecule has 2 aromatic carbocycles. The lowest BCUT2D eigenvalue weighted by Gasteiger charge is -2.37. The first-order chi connectivity index (χ1) is 14.4. The van der Waals surface area contributed by atoms with Crippen molar-refractivity contribution in [2.45, 2.75) is 32.7 Å². The molecule has 1 N–H and O–H groups in total. The molecular weight excluding hydrogens is 384 g/mol. The van der Waals surface area contributed by atoms with Gasteiger partial charge in [0, 0.05) is 12.2 Å². The third kappa shape index (κ3) is 4.35. The Bertz CT molecular complexity index is 957. The van der Waals surface area contributed by atoms with Gasteiger partial charge >= 0.3 is 12.0 Å². The van der Waals surface area contributed by atoms with E-state index in [1.807, 2.05) is 44.2 Å². The molecule has 0 aliphatic carbocycles. The maximum atomic E-state index is 13.1. The number of fused-ring (bicyclic) bond motifs is 1. The van der Waals surface area contributed by atoms with Crippen LogP contribution < -0.4 is 14.8 Å². The highest BCUT2D eigenvalue weighted by molar-refractivity contribution is 5.90. The highest BCUT2D eigenvalue weighted by atomic mass is 16.5. The molecule has 0 bridgehead atoms. The summed E-state index contributed by atoms with van der Waals surface area (Å²) in [5.74, 6) is 0.801. The molecule has 0 saturated carbocycles. The molecule has 2 amide bonds. The first kappa shape index (κ1) is 21.5. The highest BCUT2D eigenvalue weighted by Gasteiger charge is 2.34. The lowest BCUT2D eigenvalue weighted by Crippen LogP contribution is -2.43. The molecule has 2 aromatic rings. The number of benzene rings is 2. The average molecular weight is 412 g/mol. The van der Waals surface area contributed by atoms with Gasteiger partial charge in [0.2, 0.25) is 0 Å². The number of carbonyl (C=O) groups is 2. The summed E-state index contributed by atoms with van der Waals surface area (Å²) in [4.78, 5) is 27.0. The van der Waals surface area contributed by atoms with E-state index in [0.29, 0.717) is 24.5 Å². The van der Waals surface area contributed by atoms with E-state index in [4.69, 9.17) is 14.2 Å². The first-order valence-corrected chi connectivity index (χ1v) is 9.84. The van der Waals surface area contributed by atoms with E-state index in [1.54, 1.807) is 19.1 Å². The molecule has 30 heavy (non-hydrogen) atoms. The summed E-state index contributed by atoms with van der Waals surface area (Å²) >= 11 is 0. The Kier molecular flexibility index (Phi) is 6.50. The van der Waals surface area contributed by atoms with Gasteiger partial charge in [-0.2, -0.15) is 0 Å². The van der Waals surface area contributed by atoms with Gasteiger partial charge in [0.25, 0.3) is 0 Å². The number of hydrogen-bond acceptors (Lipinski definition) is 5. The summed E-state index contributed by atoms with van der Waals surface area (Å²) in [6.45, 7) is 4.50. The van der Waals surface area contributed by atoms with Crippen molar-refractivity contribution in [1.29, 1.82) is 0 Å². The van der Waals surface area contributed by atoms with Gasteiger partial charge in [-0.05, 0) is 66.8 Å². The quantitative estimate of drug-likeness (QED) is 0.751. The van der Waals surface area contributed by atoms with Gasteiger partial charge in [-0.15, -0.1) is 0 Å². The van der Waals surface area contributed by atoms with Gasteiger partial charge < -0.3 is 24.4 Å². The number of methoxy groups -OCH3 is 3. The summed E-state index contributed by atoms with van der Waals surface area (Å²) in [7, 11) is 4.50. The number of aryl methyl sites for hydroxylation is 2. The van der Waals surface area contributed by atoms with Crippen LogP contribution in [0, 0.1) is 13.8 Å². The predicted octanol–water partition coefficient (Wildman–Crippen LogP) is 4.02. The van der Waals surface area contributed by atoms with Gasteiger partial charge in [-0.3, -0.25) is 4.79 Å². The topological polar surface area (TPSA) is 77.1 Å². The van der Waals surface area contributed by atoms with Gasteiger partial charge in [-0.1, -0.05) is 6.07 Å². The van der Waals surface area contributed by atoms with Crippen molar-refractivity contribution in [3.63, 3.8) is 0 Å². The number of amides is 2. The Morgan fingerprint density at radius 2 is 1.73 bits per heavy atom. The smallest absolute Gasteiger partial charge is 0.322 e. The molecule has 0 fully saturated rings. The fourth-order valence-corrected chi connectivity index (χ4v) is 3.75. The van der Waals surface area contributed by atoms with E-state index in [9.17, 15) is 9.59 Å². The van der Waals surface area contributed by atoms with E-state index in [-0.39, 0.29) is 18.4 Å². The van der Waals surface area contributed by atoms with Crippen LogP contribution in [-0.2, 0) is 16.0 Å². The zero-order valence-corrected chi connectivity index (χ0v) is 18.1. The number of nitrogens with zero attached hydrogens (tertiary/aromatic N) is 1. The minimum Gasteiger partial charge on any atom is -0.493 e. The summed E-state index contributed by atoms with van der Waals surface area (Å²) in [6.07, 6.45) is 0.701. The van der Waals surface area contributed by atoms with E-state index in [1.165, 1.54) is 7.11 Å². The molecule has 1 atom stereocenters. The van der Waals surface area contributed by atoms with Crippen molar-refractivity contribution in [3.05, 3.63) is 52.6 Å². The zero-order chi connectivity index (χ0) is 21.8. The largest absolute Gasteiger partial charge is 0.493 e. The number of carbonyl (C=O) groups excluding carboxylic acids is 2. The van der Waals surface area contributed by atoms with E-state index in [0.717, 1.165) is 27.9 Å². The molecule has 1 unspecified atom stereocenters. The average Bonchev–Trinajstić information content (AvgIpc) is 2.75. The number of anilines is 1. The standard InChI is InChI=1S/C23H28N2O5/c1-14-6-7-17(10-15(14)2)24-23(27)25-9-8-16-11-20(28-3)21(29-4)12-18(16)19(25)13-22(26)30-5/h6-7,10-12,19H,8-9,13H2,1-5H3,(H,24,27). The number of ether oxygens (including phenoxy) is 3. The molecule has 0 spiro atoms. The van der Waals surface area contributed by atoms with Gasteiger partial charge in [0.05, 0.1) is 33.8 Å². The summed E-state index contributed by atoms with van der Waals surface area (Å²) in [5, 5.41) is 2.96. The third-order valence-corrected chi connectivity index (χ3v) is 5.61. The Morgan fingerprint density at radius 1 is 1.03 bits per heavy atom. The van der Waals surface area contributed by atoms with E-state index < -0.39 is 6.04 Å². The molecule has 0 saturated heterocycles. The Balaban J connectivity index is 1.94. The van der Waals surface area contributed by atoms with Crippen molar-refractivity contribution < 1.29 is 23.8 Å². The third-order valence-electron chi connectivity index (χ3n) is 5.61. The van der Waals surface area contributed by atoms with Crippen LogP contribution in [0.25, 0.3) is 0 Å². The molecule has 160 valence electrons. The van der Waals surface area contributed by atoms with Crippen LogP contribution in [0.1, 0.15) is 34.7 Å². The van der Waals surface area contributed by atoms with Crippen molar-refractivity contribution in [2.75, 3.05) is 33.2 Å². The minimum atomic E-state index is -0.465. The van der Waals surface area contributed by atoms with Gasteiger partial charge in [0.15, 0.2) is 11.5 Å². The lowest BCUT2D eigenvalue weighted by atomic mass is 9.90. The number of esters is 1. The fraction of sp³-hybridized carbons (Fsp3) is 0.391. The normalized spacial score (nSPS) is 15.2. The van der Waals surface area contributed by atoms with Crippen molar-refractivity contribution in [3.8, 4) is 11.5 Å². The SMILES string of the molecule is COC(=O)CC1c2cc(OC)c(OC)cc2CCN1C(=O)Nc1ccc(C)c(C)c1. The monoisotopic (exact) mass is 412 g/mol. The number of hydrogen-bond donors (Lipinski definition) is 1. The van der Waals surface area contributed by atoms with Crippen LogP contribution in [0.2, 0.25) is 0 Å². The van der Waals surface area contributed by atoms with Crippen LogP contribution in [0.5, 0.6) is 11.5 Å². The molecule has 3 rings (SSSR count). The molecular formula is C23H28N2O5. The second kappa shape index (κ2) is 9.07. The maximum Gasteiger partial charge on any atom is 0.322 e. The molecule has 0 aromatic heterocycles. The van der Waals surface area contributed by atoms with Gasteiger partial charge in [0.1, 0.15) is 0 Å². The Morgan fingerprint density at radius 3 is 2.37 bits per heavy atom. The number of urea groups is 1. The van der Waals surface area contributed by atoms with E-state index in [2.05, 4.69) is 5.32 Å². The summed E-state index contributed by atoms with van der Waals surface area (Å²) < 4.78 is 15.7. The molecule has 7 nitrogen and oxygen atoms in total. The van der Waals surface area contributed by atoms with Crippen molar-refractivity contribution >= 4 is 17.7 Å². The van der Waals surface area contributed by atoms with Crippen LogP contribution in [0.3, 0.4) is 0 Å². The Labute approximate surface area is 176 Å². The maximum absolute atomic E-state index is 13.1. The Hall–Kier alpha value is -3.22. The van der Waals surface area contributed by atoms with Crippen LogP contribution in [0.4, 0.5) is 10.5 Å². The molecule has 7 heteroatoms. The van der Waals surface area contributed by atoms with Crippen LogP contribution in [0.15, 0.2) is 30.3 Å². The van der Waals surface area contributed by atoms with Gasteiger partial charge in [-0.25, -0.2) is 4.79 Å². The van der Waals surface area contributed by atoms with E-state index >= 15 is 0 Å². The molecule has 0 radical (unpaired) electrons. The number of rotatable bonds is 5. The molecule has 1 heterocycles. The lowest BCUT2D eigenvalue weighted by molar-refractivity contribution is -0.141. The summed E-state index contributed by atoms with van der Waals surface area (Å²) in [5.41, 5.74) is 4.86. The van der Waals surface area contributed by atoms with Crippen molar-refractivity contribution in [2.24, 2.45) is 0 Å². The fourth-order valence-electron chi connectivity index (χ4n) is 3.75. The van der Waals surface area contributed by atoms with Crippen LogP contribution >= 0.6 is 0 Å². The second-order valence-corrected chi connectivity index (χ2v) is 7.37. The van der Waals surface area contributed by atoms with Crippen molar-refractivity contribution in [1.82, 2.24) is 4.90 Å². The summed E-state index contributed by atoms with van der Waals surface area (Å²) in [6, 6.07) is 8.82. The number of nitrogens with one attached hydrogen (secondary N) is 1. The molecule has 1 aliphatic rings. The molecule has 1 aliphatic heterocycles. The first-order valence-electron chi connectivity index (χ1n) is 9.84. The zero-order valence-electron chi connectivity index (χ0n) is 18.1. The second-order valence-electron chi connectivity index (χ2n) is 7.37.